The van der Waals surface area contributed by atoms with Crippen LogP contribution in [0, 0.1) is 5.92 Å². The van der Waals surface area contributed by atoms with Crippen molar-refractivity contribution in [1.29, 1.82) is 0 Å². The van der Waals surface area contributed by atoms with Crippen molar-refractivity contribution in [2.45, 2.75) is 13.0 Å². The topological polar surface area (TPSA) is 55.9 Å². The van der Waals surface area contributed by atoms with Crippen molar-refractivity contribution in [1.82, 2.24) is 20.0 Å². The lowest BCUT2D eigenvalue weighted by atomic mass is 10.1. The number of hydrogen-bond acceptors (Lipinski definition) is 4. The molecule has 2 saturated heterocycles. The smallest absolute Gasteiger partial charge is 0.225 e. The van der Waals surface area contributed by atoms with E-state index in [0.29, 0.717) is 19.5 Å². The van der Waals surface area contributed by atoms with Gasteiger partial charge >= 0.3 is 0 Å². The molecule has 1 unspecified atom stereocenters. The Balaban J connectivity index is 1.32. The van der Waals surface area contributed by atoms with Crippen molar-refractivity contribution in [2.24, 2.45) is 5.92 Å². The third-order valence-electron chi connectivity index (χ3n) is 5.15. The van der Waals surface area contributed by atoms with E-state index in [0.717, 1.165) is 39.3 Å². The molecule has 2 aliphatic rings. The van der Waals surface area contributed by atoms with Crippen molar-refractivity contribution >= 4 is 11.8 Å². The van der Waals surface area contributed by atoms with E-state index in [9.17, 15) is 9.59 Å². The molecule has 2 amide bonds. The zero-order chi connectivity index (χ0) is 17.6. The highest BCUT2D eigenvalue weighted by Gasteiger charge is 2.31. The van der Waals surface area contributed by atoms with Crippen molar-refractivity contribution in [3.05, 3.63) is 35.9 Å². The van der Waals surface area contributed by atoms with Gasteiger partial charge in [0.25, 0.3) is 0 Å². The molecule has 1 aromatic rings. The molecule has 136 valence electrons. The van der Waals surface area contributed by atoms with Crippen LogP contribution in [-0.4, -0.2) is 79.4 Å². The summed E-state index contributed by atoms with van der Waals surface area (Å²) >= 11 is 0. The van der Waals surface area contributed by atoms with Crippen LogP contribution in [0.1, 0.15) is 12.0 Å². The first-order chi connectivity index (χ1) is 12.1. The van der Waals surface area contributed by atoms with E-state index < -0.39 is 0 Å². The van der Waals surface area contributed by atoms with Gasteiger partial charge in [-0.3, -0.25) is 19.4 Å². The molecular weight excluding hydrogens is 316 g/mol. The first-order valence-electron chi connectivity index (χ1n) is 9.12. The summed E-state index contributed by atoms with van der Waals surface area (Å²) in [5.74, 6) is -0.102. The number of nitrogens with one attached hydrogen (secondary N) is 1. The maximum atomic E-state index is 12.1. The van der Waals surface area contributed by atoms with Crippen LogP contribution < -0.4 is 5.32 Å². The van der Waals surface area contributed by atoms with Crippen LogP contribution >= 0.6 is 0 Å². The molecule has 0 radical (unpaired) electrons. The number of nitrogens with zero attached hydrogens (tertiary/aromatic N) is 3. The number of hydrogen-bond donors (Lipinski definition) is 1. The summed E-state index contributed by atoms with van der Waals surface area (Å²) in [6, 6.07) is 10.6. The summed E-state index contributed by atoms with van der Waals surface area (Å²) in [7, 11) is 1.75. The number of rotatable bonds is 6. The molecule has 6 heteroatoms. The third kappa shape index (κ3) is 5.03. The second kappa shape index (κ2) is 8.45. The standard InChI is InChI=1S/C19H28N4O2/c1-21-15-17(13-18(21)24)19(25)20-7-8-22-9-11-23(12-10-22)14-16-5-3-2-4-6-16/h2-6,17H,7-15H2,1H3,(H,20,25). The second-order valence-electron chi connectivity index (χ2n) is 7.07. The molecule has 0 aliphatic carbocycles. The van der Waals surface area contributed by atoms with Crippen LogP contribution in [-0.2, 0) is 16.1 Å². The first-order valence-corrected chi connectivity index (χ1v) is 9.12. The molecule has 2 heterocycles. The average Bonchev–Trinajstić information content (AvgIpc) is 2.96. The maximum Gasteiger partial charge on any atom is 0.225 e. The Kier molecular flexibility index (Phi) is 6.04. The Morgan fingerprint density at radius 3 is 2.44 bits per heavy atom. The molecule has 0 bridgehead atoms. The minimum absolute atomic E-state index is 0.0143. The average molecular weight is 344 g/mol. The Morgan fingerprint density at radius 1 is 1.12 bits per heavy atom. The summed E-state index contributed by atoms with van der Waals surface area (Å²) in [5.41, 5.74) is 1.36. The van der Waals surface area contributed by atoms with E-state index in [1.54, 1.807) is 11.9 Å². The molecule has 0 aromatic heterocycles. The van der Waals surface area contributed by atoms with Crippen molar-refractivity contribution in [3.63, 3.8) is 0 Å². The molecule has 25 heavy (non-hydrogen) atoms. The summed E-state index contributed by atoms with van der Waals surface area (Å²) in [6.07, 6.45) is 0.348. The summed E-state index contributed by atoms with van der Waals surface area (Å²) in [5, 5.41) is 2.99. The molecule has 3 rings (SSSR count). The molecular formula is C19H28N4O2. The maximum absolute atomic E-state index is 12.1. The fraction of sp³-hybridized carbons (Fsp3) is 0.579. The fourth-order valence-corrected chi connectivity index (χ4v) is 3.53. The molecule has 1 atom stereocenters. The van der Waals surface area contributed by atoms with Gasteiger partial charge in [0.2, 0.25) is 11.8 Å². The van der Waals surface area contributed by atoms with Crippen molar-refractivity contribution in [3.8, 4) is 0 Å². The highest BCUT2D eigenvalue weighted by Crippen LogP contribution is 2.15. The highest BCUT2D eigenvalue weighted by molar-refractivity contribution is 5.89. The van der Waals surface area contributed by atoms with E-state index >= 15 is 0 Å². The molecule has 6 nitrogen and oxygen atoms in total. The molecule has 0 spiro atoms. The lowest BCUT2D eigenvalue weighted by Crippen LogP contribution is -2.48. The van der Waals surface area contributed by atoms with Gasteiger partial charge < -0.3 is 10.2 Å². The number of piperazine rings is 1. The number of carbonyl (C=O) groups excluding carboxylic acids is 2. The van der Waals surface area contributed by atoms with Gasteiger partial charge in [-0.05, 0) is 5.56 Å². The van der Waals surface area contributed by atoms with Gasteiger partial charge in [-0.2, -0.15) is 0 Å². The van der Waals surface area contributed by atoms with Gasteiger partial charge in [-0.1, -0.05) is 30.3 Å². The number of benzene rings is 1. The van der Waals surface area contributed by atoms with Gasteiger partial charge in [0.15, 0.2) is 0 Å². The largest absolute Gasteiger partial charge is 0.355 e. The third-order valence-corrected chi connectivity index (χ3v) is 5.15. The number of amides is 2. The van der Waals surface area contributed by atoms with E-state index in [4.69, 9.17) is 0 Å². The van der Waals surface area contributed by atoms with E-state index in [1.807, 2.05) is 0 Å². The number of likely N-dealkylation sites (tertiary alicyclic amines) is 1. The van der Waals surface area contributed by atoms with E-state index in [1.165, 1.54) is 5.56 Å². The van der Waals surface area contributed by atoms with Gasteiger partial charge in [0.1, 0.15) is 0 Å². The quantitative estimate of drug-likeness (QED) is 0.812. The Hall–Kier alpha value is -1.92. The first kappa shape index (κ1) is 17.9. The van der Waals surface area contributed by atoms with Crippen LogP contribution in [0.15, 0.2) is 30.3 Å². The van der Waals surface area contributed by atoms with Crippen LogP contribution in [0.4, 0.5) is 0 Å². The van der Waals surface area contributed by atoms with Crippen LogP contribution in [0.3, 0.4) is 0 Å². The SMILES string of the molecule is CN1CC(C(=O)NCCN2CCN(Cc3ccccc3)CC2)CC1=O. The molecule has 2 fully saturated rings. The number of carbonyl (C=O) groups is 2. The zero-order valence-electron chi connectivity index (χ0n) is 15.0. The van der Waals surface area contributed by atoms with Gasteiger partial charge in [0.05, 0.1) is 5.92 Å². The molecule has 0 saturated carbocycles. The van der Waals surface area contributed by atoms with Crippen LogP contribution in [0.2, 0.25) is 0 Å². The summed E-state index contributed by atoms with van der Waals surface area (Å²) in [6.45, 7) is 7.28. The molecule has 1 aromatic carbocycles. The minimum atomic E-state index is -0.180. The summed E-state index contributed by atoms with van der Waals surface area (Å²) in [4.78, 5) is 30.1. The minimum Gasteiger partial charge on any atom is -0.355 e. The lowest BCUT2D eigenvalue weighted by molar-refractivity contribution is -0.128. The van der Waals surface area contributed by atoms with Crippen LogP contribution in [0.25, 0.3) is 0 Å². The highest BCUT2D eigenvalue weighted by atomic mass is 16.2. The molecule has 1 N–H and O–H groups in total. The van der Waals surface area contributed by atoms with Crippen LogP contribution in [0.5, 0.6) is 0 Å². The predicted molar refractivity (Wildman–Crippen MR) is 96.9 cm³/mol. The van der Waals surface area contributed by atoms with Gasteiger partial charge in [0, 0.05) is 65.8 Å². The Labute approximate surface area is 149 Å². The Bertz CT molecular complexity index is 584. The Morgan fingerprint density at radius 2 is 1.80 bits per heavy atom. The van der Waals surface area contributed by atoms with Crippen molar-refractivity contribution < 1.29 is 9.59 Å². The normalized spacial score (nSPS) is 22.4. The van der Waals surface area contributed by atoms with Gasteiger partial charge in [-0.15, -0.1) is 0 Å². The fourth-order valence-electron chi connectivity index (χ4n) is 3.53. The van der Waals surface area contributed by atoms with Gasteiger partial charge in [-0.25, -0.2) is 0 Å². The monoisotopic (exact) mass is 344 g/mol. The zero-order valence-corrected chi connectivity index (χ0v) is 15.0. The predicted octanol–water partition coefficient (Wildman–Crippen LogP) is 0.399. The second-order valence-corrected chi connectivity index (χ2v) is 7.07. The lowest BCUT2D eigenvalue weighted by Gasteiger charge is -2.34. The van der Waals surface area contributed by atoms with Crippen molar-refractivity contribution in [2.75, 3.05) is 52.9 Å². The molecule has 2 aliphatic heterocycles. The van der Waals surface area contributed by atoms with E-state index in [2.05, 4.69) is 45.4 Å². The summed E-state index contributed by atoms with van der Waals surface area (Å²) < 4.78 is 0. The van der Waals surface area contributed by atoms with E-state index in [-0.39, 0.29) is 17.7 Å².